The van der Waals surface area contributed by atoms with Crippen LogP contribution in [0, 0.1) is 11.3 Å². The molecule has 128 valence electrons. The molecule has 0 bridgehead atoms. The summed E-state index contributed by atoms with van der Waals surface area (Å²) in [7, 11) is 0. The van der Waals surface area contributed by atoms with E-state index in [2.05, 4.69) is 10.3 Å². The Labute approximate surface area is 142 Å². The lowest BCUT2D eigenvalue weighted by molar-refractivity contribution is -0.138. The number of hydrogen-bond acceptors (Lipinski definition) is 3. The van der Waals surface area contributed by atoms with Gasteiger partial charge < -0.3 is 5.32 Å². The topological polar surface area (TPSA) is 65.8 Å². The first-order valence-electron chi connectivity index (χ1n) is 7.66. The van der Waals surface area contributed by atoms with Gasteiger partial charge in [0.1, 0.15) is 0 Å². The Balaban J connectivity index is 1.77. The average Bonchev–Trinajstić information content (AvgIpc) is 3.35. The third kappa shape index (κ3) is 3.63. The van der Waals surface area contributed by atoms with Crippen LogP contribution in [-0.4, -0.2) is 10.9 Å². The fraction of sp³-hybridized carbons (Fsp3) is 0.278. The van der Waals surface area contributed by atoms with Crippen molar-refractivity contribution in [3.63, 3.8) is 0 Å². The number of amides is 1. The minimum atomic E-state index is -4.53. The van der Waals surface area contributed by atoms with Crippen LogP contribution in [0.2, 0.25) is 0 Å². The molecule has 0 radical (unpaired) electrons. The molecule has 0 atom stereocenters. The van der Waals surface area contributed by atoms with Gasteiger partial charge in [0.25, 0.3) is 0 Å². The molecule has 1 heterocycles. The Kier molecular flexibility index (Phi) is 4.21. The van der Waals surface area contributed by atoms with Crippen molar-refractivity contribution < 1.29 is 18.0 Å². The number of halogens is 3. The number of aromatic nitrogens is 1. The number of nitrogens with one attached hydrogen (secondary N) is 1. The molecule has 0 aliphatic heterocycles. The van der Waals surface area contributed by atoms with Crippen molar-refractivity contribution in [2.75, 3.05) is 0 Å². The first-order chi connectivity index (χ1) is 11.8. The van der Waals surface area contributed by atoms with E-state index in [0.717, 1.165) is 24.0 Å². The minimum Gasteiger partial charge on any atom is -0.346 e. The molecular formula is C18H14F3N3O. The number of pyridine rings is 1. The summed E-state index contributed by atoms with van der Waals surface area (Å²) >= 11 is 0. The molecule has 0 spiro atoms. The highest BCUT2D eigenvalue weighted by Crippen LogP contribution is 2.45. The van der Waals surface area contributed by atoms with Crippen molar-refractivity contribution in [3.05, 3.63) is 65.0 Å². The van der Waals surface area contributed by atoms with Gasteiger partial charge in [0.2, 0.25) is 5.91 Å². The van der Waals surface area contributed by atoms with Crippen LogP contribution in [0.25, 0.3) is 0 Å². The monoisotopic (exact) mass is 345 g/mol. The molecule has 0 unspecified atom stereocenters. The van der Waals surface area contributed by atoms with E-state index >= 15 is 0 Å². The van der Waals surface area contributed by atoms with E-state index in [0.29, 0.717) is 18.4 Å². The van der Waals surface area contributed by atoms with Crippen molar-refractivity contribution >= 4 is 5.91 Å². The van der Waals surface area contributed by atoms with Gasteiger partial charge in [0.05, 0.1) is 29.2 Å². The Hall–Kier alpha value is -2.88. The average molecular weight is 345 g/mol. The Morgan fingerprint density at radius 2 is 2.08 bits per heavy atom. The van der Waals surface area contributed by atoms with Crippen LogP contribution in [-0.2, 0) is 22.9 Å². The van der Waals surface area contributed by atoms with Crippen LogP contribution in [0.4, 0.5) is 13.2 Å². The Morgan fingerprint density at radius 1 is 1.32 bits per heavy atom. The molecule has 7 heteroatoms. The van der Waals surface area contributed by atoms with Gasteiger partial charge in [-0.3, -0.25) is 9.78 Å². The van der Waals surface area contributed by atoms with Crippen molar-refractivity contribution in [3.8, 4) is 6.07 Å². The number of nitrogens with zero attached hydrogens (tertiary/aromatic N) is 2. The Bertz CT molecular complexity index is 851. The second kappa shape index (κ2) is 6.20. The molecule has 1 aromatic heterocycles. The number of alkyl halides is 3. The van der Waals surface area contributed by atoms with E-state index in [1.54, 1.807) is 24.3 Å². The van der Waals surface area contributed by atoms with Gasteiger partial charge in [-0.15, -0.1) is 0 Å². The molecule has 4 nitrogen and oxygen atoms in total. The lowest BCUT2D eigenvalue weighted by Crippen LogP contribution is -2.36. The van der Waals surface area contributed by atoms with E-state index in [1.165, 1.54) is 0 Å². The van der Waals surface area contributed by atoms with Crippen LogP contribution < -0.4 is 5.32 Å². The maximum absolute atomic E-state index is 13.0. The predicted octanol–water partition coefficient (Wildman–Crippen LogP) is 3.32. The first kappa shape index (κ1) is 17.0. The second-order valence-corrected chi connectivity index (χ2v) is 6.03. The molecule has 1 fully saturated rings. The summed E-state index contributed by atoms with van der Waals surface area (Å²) in [6.07, 6.45) is -1.43. The molecule has 1 aliphatic carbocycles. The lowest BCUT2D eigenvalue weighted by atomic mass is 10.0. The molecule has 0 saturated heterocycles. The molecule has 1 aliphatic rings. The van der Waals surface area contributed by atoms with Crippen molar-refractivity contribution in [2.24, 2.45) is 0 Å². The van der Waals surface area contributed by atoms with Crippen molar-refractivity contribution in [1.29, 1.82) is 5.26 Å². The van der Waals surface area contributed by atoms with Crippen molar-refractivity contribution in [1.82, 2.24) is 10.3 Å². The molecule has 1 aromatic carbocycles. The van der Waals surface area contributed by atoms with Crippen LogP contribution in [0.5, 0.6) is 0 Å². The zero-order valence-corrected chi connectivity index (χ0v) is 13.1. The van der Waals surface area contributed by atoms with Crippen LogP contribution >= 0.6 is 0 Å². The van der Waals surface area contributed by atoms with Crippen molar-refractivity contribution in [2.45, 2.75) is 31.0 Å². The number of carbonyl (C=O) groups is 1. The Morgan fingerprint density at radius 3 is 2.72 bits per heavy atom. The fourth-order valence-corrected chi connectivity index (χ4v) is 2.83. The lowest BCUT2D eigenvalue weighted by Gasteiger charge is -2.19. The number of rotatable bonds is 4. The zero-order valence-electron chi connectivity index (χ0n) is 13.1. The minimum absolute atomic E-state index is 0.158. The van der Waals surface area contributed by atoms with E-state index in [1.807, 2.05) is 6.07 Å². The van der Waals surface area contributed by atoms with Crippen LogP contribution in [0.3, 0.4) is 0 Å². The SMILES string of the molecule is N#Cc1cccc(C2(NC(=O)Cc3cnccc3C(F)(F)F)CC2)c1. The zero-order chi connectivity index (χ0) is 18.1. The number of nitriles is 1. The quantitative estimate of drug-likeness (QED) is 0.924. The molecule has 1 N–H and O–H groups in total. The highest BCUT2D eigenvalue weighted by atomic mass is 19.4. The molecule has 1 saturated carbocycles. The maximum Gasteiger partial charge on any atom is 0.416 e. The molecule has 3 rings (SSSR count). The fourth-order valence-electron chi connectivity index (χ4n) is 2.83. The third-order valence-corrected chi connectivity index (χ3v) is 4.23. The van der Waals surface area contributed by atoms with Gasteiger partial charge in [-0.1, -0.05) is 12.1 Å². The van der Waals surface area contributed by atoms with E-state index in [-0.39, 0.29) is 5.56 Å². The summed E-state index contributed by atoms with van der Waals surface area (Å²) in [5.41, 5.74) is -0.334. The summed E-state index contributed by atoms with van der Waals surface area (Å²) in [4.78, 5) is 16.0. The summed E-state index contributed by atoms with van der Waals surface area (Å²) in [6.45, 7) is 0. The second-order valence-electron chi connectivity index (χ2n) is 6.03. The highest BCUT2D eigenvalue weighted by molar-refractivity contribution is 5.80. The summed E-state index contributed by atoms with van der Waals surface area (Å²) in [5.74, 6) is -0.502. The number of hydrogen-bond donors (Lipinski definition) is 1. The van der Waals surface area contributed by atoms with Crippen LogP contribution in [0.1, 0.15) is 35.1 Å². The van der Waals surface area contributed by atoms with Crippen LogP contribution in [0.15, 0.2) is 42.7 Å². The summed E-state index contributed by atoms with van der Waals surface area (Å²) < 4.78 is 39.0. The number of benzene rings is 1. The van der Waals surface area contributed by atoms with E-state index in [4.69, 9.17) is 5.26 Å². The normalized spacial score (nSPS) is 15.3. The van der Waals surface area contributed by atoms with Gasteiger partial charge >= 0.3 is 6.18 Å². The van der Waals surface area contributed by atoms with E-state index in [9.17, 15) is 18.0 Å². The summed E-state index contributed by atoms with van der Waals surface area (Å²) in [5, 5.41) is 11.8. The molecule has 1 amide bonds. The third-order valence-electron chi connectivity index (χ3n) is 4.23. The summed E-state index contributed by atoms with van der Waals surface area (Å²) in [6, 6.07) is 9.79. The van der Waals surface area contributed by atoms with Gasteiger partial charge in [0.15, 0.2) is 0 Å². The molecule has 2 aromatic rings. The smallest absolute Gasteiger partial charge is 0.346 e. The van der Waals surface area contributed by atoms with Gasteiger partial charge in [-0.25, -0.2) is 0 Å². The molecule has 25 heavy (non-hydrogen) atoms. The predicted molar refractivity (Wildman–Crippen MR) is 83.2 cm³/mol. The van der Waals surface area contributed by atoms with E-state index < -0.39 is 29.6 Å². The first-order valence-corrected chi connectivity index (χ1v) is 7.66. The van der Waals surface area contributed by atoms with Gasteiger partial charge in [-0.05, 0) is 42.2 Å². The molecular weight excluding hydrogens is 331 g/mol. The highest BCUT2D eigenvalue weighted by Gasteiger charge is 2.46. The van der Waals surface area contributed by atoms with Gasteiger partial charge in [0, 0.05) is 12.4 Å². The van der Waals surface area contributed by atoms with Gasteiger partial charge in [-0.2, -0.15) is 18.4 Å². The standard InChI is InChI=1S/C18H14F3N3O/c19-18(20,21)15-4-7-23-11-13(15)9-16(25)24-17(5-6-17)14-3-1-2-12(8-14)10-22/h1-4,7-8,11H,5-6,9H2,(H,24,25). The maximum atomic E-state index is 13.0. The number of carbonyl (C=O) groups excluding carboxylic acids is 1. The largest absolute Gasteiger partial charge is 0.416 e.